The van der Waals surface area contributed by atoms with Crippen LogP contribution in [0.4, 0.5) is 0 Å². The van der Waals surface area contributed by atoms with Crippen LogP contribution in [0.2, 0.25) is 0 Å². The maximum Gasteiger partial charge on any atom is 0.291 e. The molecule has 5 heteroatoms. The number of carbonyl (C=O) groups excluding carboxylic acids is 1. The number of alkyl halides is 1. The minimum atomic E-state index is -0.00706. The van der Waals surface area contributed by atoms with Gasteiger partial charge in [0.25, 0.3) is 5.91 Å². The summed E-state index contributed by atoms with van der Waals surface area (Å²) in [5.41, 5.74) is 0.695. The molecule has 0 aromatic carbocycles. The molecule has 0 aliphatic carbocycles. The number of likely N-dealkylation sites (tertiary alicyclic amines) is 1. The van der Waals surface area contributed by atoms with Crippen LogP contribution in [0.5, 0.6) is 0 Å². The predicted octanol–water partition coefficient (Wildman–Crippen LogP) is 2.93. The Hall–Kier alpha value is -0.840. The molecule has 0 saturated carbocycles. The van der Waals surface area contributed by atoms with E-state index in [1.165, 1.54) is 6.42 Å². The summed E-state index contributed by atoms with van der Waals surface area (Å²) in [6.45, 7) is 5.26. The molecule has 1 fully saturated rings. The highest BCUT2D eigenvalue weighted by Gasteiger charge is 2.27. The normalized spacial score (nSPS) is 20.2. The average Bonchev–Trinajstić information content (AvgIpc) is 2.68. The van der Waals surface area contributed by atoms with Crippen molar-refractivity contribution in [1.82, 2.24) is 9.88 Å². The van der Waals surface area contributed by atoms with Gasteiger partial charge in [0, 0.05) is 25.3 Å². The van der Waals surface area contributed by atoms with E-state index in [9.17, 15) is 4.79 Å². The highest BCUT2D eigenvalue weighted by Crippen LogP contribution is 2.23. The van der Waals surface area contributed by atoms with Crippen LogP contribution in [0, 0.1) is 19.8 Å². The zero-order valence-electron chi connectivity index (χ0n) is 10.9. The van der Waals surface area contributed by atoms with E-state index in [1.807, 2.05) is 11.8 Å². The molecule has 1 aromatic heterocycles. The largest absolute Gasteiger partial charge is 0.436 e. The first kappa shape index (κ1) is 13.6. The molecule has 2 heterocycles. The lowest BCUT2D eigenvalue weighted by molar-refractivity contribution is 0.0637. The molecular formula is C13H19BrN2O2. The molecule has 1 aliphatic heterocycles. The first-order valence-electron chi connectivity index (χ1n) is 6.41. The zero-order valence-corrected chi connectivity index (χ0v) is 12.5. The smallest absolute Gasteiger partial charge is 0.291 e. The van der Waals surface area contributed by atoms with Gasteiger partial charge in [-0.2, -0.15) is 0 Å². The summed E-state index contributed by atoms with van der Waals surface area (Å²) < 4.78 is 5.41. The zero-order chi connectivity index (χ0) is 13.1. The number of hydrogen-bond donors (Lipinski definition) is 0. The summed E-state index contributed by atoms with van der Waals surface area (Å²) in [5, 5.41) is 1.00. The van der Waals surface area contributed by atoms with Crippen LogP contribution in [0.1, 0.15) is 41.4 Å². The fourth-order valence-corrected chi connectivity index (χ4v) is 3.16. The van der Waals surface area contributed by atoms with Gasteiger partial charge in [-0.25, -0.2) is 4.98 Å². The Kier molecular flexibility index (Phi) is 4.43. The molecule has 0 N–H and O–H groups in total. The molecule has 100 valence electrons. The molecular weight excluding hydrogens is 296 g/mol. The highest BCUT2D eigenvalue weighted by atomic mass is 79.9. The van der Waals surface area contributed by atoms with Gasteiger partial charge in [-0.05, 0) is 32.1 Å². The van der Waals surface area contributed by atoms with E-state index in [4.69, 9.17) is 4.42 Å². The summed E-state index contributed by atoms with van der Waals surface area (Å²) in [4.78, 5) is 18.4. The second-order valence-electron chi connectivity index (χ2n) is 4.88. The Bertz CT molecular complexity index is 429. The van der Waals surface area contributed by atoms with Crippen LogP contribution in [0.15, 0.2) is 4.42 Å². The minimum absolute atomic E-state index is 0.00706. The topological polar surface area (TPSA) is 46.3 Å². The maximum atomic E-state index is 12.4. The van der Waals surface area contributed by atoms with Crippen LogP contribution in [0.3, 0.4) is 0 Å². The Labute approximate surface area is 116 Å². The number of amides is 1. The predicted molar refractivity (Wildman–Crippen MR) is 73.0 cm³/mol. The summed E-state index contributed by atoms with van der Waals surface area (Å²) in [6.07, 6.45) is 3.41. The van der Waals surface area contributed by atoms with Crippen LogP contribution in [0.25, 0.3) is 0 Å². The third kappa shape index (κ3) is 2.94. The van der Waals surface area contributed by atoms with Crippen molar-refractivity contribution in [3.8, 4) is 0 Å². The summed E-state index contributed by atoms with van der Waals surface area (Å²) >= 11 is 3.47. The van der Waals surface area contributed by atoms with E-state index in [2.05, 4.69) is 20.9 Å². The van der Waals surface area contributed by atoms with E-state index in [-0.39, 0.29) is 5.91 Å². The lowest BCUT2D eigenvalue weighted by atomic mass is 9.95. The van der Waals surface area contributed by atoms with Crippen molar-refractivity contribution in [1.29, 1.82) is 0 Å². The van der Waals surface area contributed by atoms with Crippen molar-refractivity contribution in [2.45, 2.75) is 33.1 Å². The van der Waals surface area contributed by atoms with Crippen molar-refractivity contribution in [3.63, 3.8) is 0 Å². The van der Waals surface area contributed by atoms with Crippen LogP contribution < -0.4 is 0 Å². The SMILES string of the molecule is Cc1nc(C)c(C(=O)N2CCCC(CCBr)C2)o1. The molecule has 1 amide bonds. The molecule has 0 spiro atoms. The lowest BCUT2D eigenvalue weighted by Gasteiger charge is -2.32. The van der Waals surface area contributed by atoms with Crippen molar-refractivity contribution in [2.24, 2.45) is 5.92 Å². The fraction of sp³-hybridized carbons (Fsp3) is 0.692. The van der Waals surface area contributed by atoms with Gasteiger partial charge in [0.2, 0.25) is 5.76 Å². The molecule has 18 heavy (non-hydrogen) atoms. The number of carbonyl (C=O) groups is 1. The van der Waals surface area contributed by atoms with Gasteiger partial charge in [-0.3, -0.25) is 4.79 Å². The van der Waals surface area contributed by atoms with Crippen LogP contribution >= 0.6 is 15.9 Å². The molecule has 4 nitrogen and oxygen atoms in total. The quantitative estimate of drug-likeness (QED) is 0.806. The van der Waals surface area contributed by atoms with E-state index in [1.54, 1.807) is 6.92 Å². The second kappa shape index (κ2) is 5.87. The van der Waals surface area contributed by atoms with E-state index >= 15 is 0 Å². The van der Waals surface area contributed by atoms with E-state index in [0.717, 1.165) is 31.3 Å². The van der Waals surface area contributed by atoms with Gasteiger partial charge in [-0.15, -0.1) is 0 Å². The standard InChI is InChI=1S/C13H19BrN2O2/c1-9-12(18-10(2)15-9)13(17)16-7-3-4-11(8-16)5-6-14/h11H,3-8H2,1-2H3. The number of aromatic nitrogens is 1. The average molecular weight is 315 g/mol. The molecule has 0 bridgehead atoms. The lowest BCUT2D eigenvalue weighted by Crippen LogP contribution is -2.40. The second-order valence-corrected chi connectivity index (χ2v) is 5.68. The van der Waals surface area contributed by atoms with Gasteiger partial charge >= 0.3 is 0 Å². The van der Waals surface area contributed by atoms with Gasteiger partial charge in [-0.1, -0.05) is 15.9 Å². The summed E-state index contributed by atoms with van der Waals surface area (Å²) in [5.74, 6) is 1.57. The van der Waals surface area contributed by atoms with Crippen LogP contribution in [-0.2, 0) is 0 Å². The number of piperidine rings is 1. The highest BCUT2D eigenvalue weighted by molar-refractivity contribution is 9.09. The minimum Gasteiger partial charge on any atom is -0.436 e. The van der Waals surface area contributed by atoms with Crippen molar-refractivity contribution in [3.05, 3.63) is 17.3 Å². The molecule has 1 aromatic rings. The van der Waals surface area contributed by atoms with Gasteiger partial charge in [0.1, 0.15) is 0 Å². The Balaban J connectivity index is 2.06. The number of nitrogens with zero attached hydrogens (tertiary/aromatic N) is 2. The fourth-order valence-electron chi connectivity index (χ4n) is 2.51. The molecule has 0 radical (unpaired) electrons. The summed E-state index contributed by atoms with van der Waals surface area (Å²) in [6, 6.07) is 0. The number of rotatable bonds is 3. The van der Waals surface area contributed by atoms with Gasteiger partial charge in [0.05, 0.1) is 5.69 Å². The Morgan fingerprint density at radius 3 is 2.94 bits per heavy atom. The molecule has 1 unspecified atom stereocenters. The first-order chi connectivity index (χ1) is 8.61. The number of hydrogen-bond acceptors (Lipinski definition) is 3. The van der Waals surface area contributed by atoms with Crippen molar-refractivity contribution >= 4 is 21.8 Å². The maximum absolute atomic E-state index is 12.4. The van der Waals surface area contributed by atoms with Gasteiger partial charge in [0.15, 0.2) is 5.89 Å². The number of oxazole rings is 1. The van der Waals surface area contributed by atoms with E-state index < -0.39 is 0 Å². The Morgan fingerprint density at radius 2 is 2.33 bits per heavy atom. The molecule has 1 atom stereocenters. The van der Waals surface area contributed by atoms with Crippen LogP contribution in [-0.4, -0.2) is 34.2 Å². The monoisotopic (exact) mass is 314 g/mol. The van der Waals surface area contributed by atoms with Crippen molar-refractivity contribution < 1.29 is 9.21 Å². The van der Waals surface area contributed by atoms with E-state index in [0.29, 0.717) is 23.3 Å². The third-order valence-corrected chi connectivity index (χ3v) is 3.88. The van der Waals surface area contributed by atoms with Crippen molar-refractivity contribution in [2.75, 3.05) is 18.4 Å². The molecule has 2 rings (SSSR count). The Morgan fingerprint density at radius 1 is 1.56 bits per heavy atom. The third-order valence-electron chi connectivity index (χ3n) is 3.42. The molecule has 1 saturated heterocycles. The number of halogens is 1. The number of aryl methyl sites for hydroxylation is 2. The first-order valence-corrected chi connectivity index (χ1v) is 7.53. The summed E-state index contributed by atoms with van der Waals surface area (Å²) in [7, 11) is 0. The van der Waals surface area contributed by atoms with Gasteiger partial charge < -0.3 is 9.32 Å². The molecule has 1 aliphatic rings.